The van der Waals surface area contributed by atoms with Crippen LogP contribution >= 0.6 is 0 Å². The summed E-state index contributed by atoms with van der Waals surface area (Å²) >= 11 is 0. The van der Waals surface area contributed by atoms with Gasteiger partial charge in [0.2, 0.25) is 0 Å². The van der Waals surface area contributed by atoms with Gasteiger partial charge in [0.05, 0.1) is 5.56 Å². The van der Waals surface area contributed by atoms with Gasteiger partial charge in [0.25, 0.3) is 0 Å². The van der Waals surface area contributed by atoms with Crippen LogP contribution in [0.5, 0.6) is 0 Å². The minimum Gasteiger partial charge on any atom is -0.301 e. The van der Waals surface area contributed by atoms with E-state index >= 15 is 0 Å². The molecule has 0 aliphatic carbocycles. The normalized spacial score (nSPS) is 18.1. The van der Waals surface area contributed by atoms with E-state index in [1.54, 1.807) is 13.8 Å². The summed E-state index contributed by atoms with van der Waals surface area (Å²) in [6, 6.07) is 3.36. The summed E-state index contributed by atoms with van der Waals surface area (Å²) in [4.78, 5) is 17.3. The maximum absolute atomic E-state index is 14.0. The van der Waals surface area contributed by atoms with Crippen molar-refractivity contribution in [1.29, 1.82) is 0 Å². The number of rotatable bonds is 7. The van der Waals surface area contributed by atoms with E-state index in [1.807, 2.05) is 0 Å². The van der Waals surface area contributed by atoms with Crippen LogP contribution in [-0.4, -0.2) is 54.3 Å². The summed E-state index contributed by atoms with van der Waals surface area (Å²) in [7, 11) is 0. The van der Waals surface area contributed by atoms with Crippen LogP contribution in [-0.2, 0) is 11.0 Å². The second kappa shape index (κ2) is 9.35. The van der Waals surface area contributed by atoms with Gasteiger partial charge in [0, 0.05) is 44.1 Å². The molecule has 1 aromatic carbocycles. The maximum Gasteiger partial charge on any atom is 0.419 e. The molecule has 28 heavy (non-hydrogen) atoms. The lowest BCUT2D eigenvalue weighted by Crippen LogP contribution is -2.49. The zero-order valence-electron chi connectivity index (χ0n) is 17.0. The van der Waals surface area contributed by atoms with Gasteiger partial charge in [-0.15, -0.1) is 0 Å². The molecule has 1 atom stereocenters. The fourth-order valence-electron chi connectivity index (χ4n) is 3.67. The Morgan fingerprint density at radius 3 is 2.14 bits per heavy atom. The molecular formula is C21H30F4N2O. The number of benzene rings is 1. The molecule has 0 aromatic heterocycles. The summed E-state index contributed by atoms with van der Waals surface area (Å²) < 4.78 is 52.5. The Morgan fingerprint density at radius 2 is 1.68 bits per heavy atom. The van der Waals surface area contributed by atoms with Crippen molar-refractivity contribution in [2.75, 3.05) is 32.7 Å². The summed E-state index contributed by atoms with van der Waals surface area (Å²) in [5.74, 6) is -2.26. The molecule has 1 saturated heterocycles. The third-order valence-corrected chi connectivity index (χ3v) is 5.48. The first-order valence-corrected chi connectivity index (χ1v) is 9.87. The van der Waals surface area contributed by atoms with Crippen LogP contribution in [0.3, 0.4) is 0 Å². The lowest BCUT2D eigenvalue weighted by atomic mass is 9.85. The highest BCUT2D eigenvalue weighted by Crippen LogP contribution is 2.34. The summed E-state index contributed by atoms with van der Waals surface area (Å²) in [5.41, 5.74) is -0.971. The molecule has 1 aliphatic heterocycles. The van der Waals surface area contributed by atoms with Crippen LogP contribution in [0.1, 0.15) is 51.2 Å². The van der Waals surface area contributed by atoms with Crippen molar-refractivity contribution in [2.45, 2.75) is 52.3 Å². The number of carbonyl (C=O) groups excluding carboxylic acids is 1. The third-order valence-electron chi connectivity index (χ3n) is 5.48. The molecule has 0 bridgehead atoms. The van der Waals surface area contributed by atoms with Crippen LogP contribution in [0, 0.1) is 11.7 Å². The van der Waals surface area contributed by atoms with Crippen LogP contribution in [0.15, 0.2) is 18.2 Å². The molecule has 2 rings (SSSR count). The van der Waals surface area contributed by atoms with Crippen molar-refractivity contribution < 1.29 is 22.4 Å². The number of ketones is 1. The molecular weight excluding hydrogens is 372 g/mol. The second-order valence-corrected chi connectivity index (χ2v) is 8.11. The molecule has 1 fully saturated rings. The number of Topliss-reactive ketones (excluding diaryl/α,β-unsaturated/α-hetero) is 1. The third kappa shape index (κ3) is 5.77. The minimum absolute atomic E-state index is 0.0695. The van der Waals surface area contributed by atoms with Crippen molar-refractivity contribution in [3.8, 4) is 0 Å². The smallest absolute Gasteiger partial charge is 0.301 e. The SMILES string of the molecule is CC(C)C(=O)C(CCN1CCN(C(C)C)CC1)c1ccc(C(F)(F)F)c(F)c1. The molecule has 1 aromatic rings. The summed E-state index contributed by atoms with van der Waals surface area (Å²) in [5, 5.41) is 0. The van der Waals surface area contributed by atoms with E-state index < -0.39 is 23.5 Å². The van der Waals surface area contributed by atoms with E-state index in [0.29, 0.717) is 24.6 Å². The van der Waals surface area contributed by atoms with Gasteiger partial charge in [-0.05, 0) is 44.5 Å². The predicted octanol–water partition coefficient (Wildman–Crippen LogP) is 4.57. The number of hydrogen-bond acceptors (Lipinski definition) is 3. The van der Waals surface area contributed by atoms with Gasteiger partial charge in [-0.3, -0.25) is 9.69 Å². The second-order valence-electron chi connectivity index (χ2n) is 8.11. The molecule has 0 saturated carbocycles. The van der Waals surface area contributed by atoms with Crippen molar-refractivity contribution in [3.63, 3.8) is 0 Å². The standard InChI is InChI=1S/C21H30F4N2O/c1-14(2)20(28)17(7-8-26-9-11-27(12-10-26)15(3)4)16-5-6-18(19(22)13-16)21(23,24)25/h5-6,13-15,17H,7-12H2,1-4H3. The minimum atomic E-state index is -4.74. The predicted molar refractivity (Wildman–Crippen MR) is 102 cm³/mol. The molecule has 0 radical (unpaired) electrons. The molecule has 7 heteroatoms. The first kappa shape index (κ1) is 22.8. The van der Waals surface area contributed by atoms with Crippen LogP contribution < -0.4 is 0 Å². The zero-order chi connectivity index (χ0) is 21.1. The van der Waals surface area contributed by atoms with E-state index in [9.17, 15) is 22.4 Å². The average molecular weight is 402 g/mol. The molecule has 0 N–H and O–H groups in total. The Morgan fingerprint density at radius 1 is 1.07 bits per heavy atom. The first-order chi connectivity index (χ1) is 13.0. The highest BCUT2D eigenvalue weighted by molar-refractivity contribution is 5.87. The van der Waals surface area contributed by atoms with Gasteiger partial charge in [0.1, 0.15) is 11.6 Å². The average Bonchev–Trinajstić information content (AvgIpc) is 2.61. The number of nitrogens with zero attached hydrogens (tertiary/aromatic N) is 2. The highest BCUT2D eigenvalue weighted by atomic mass is 19.4. The molecule has 0 spiro atoms. The number of halogens is 4. The van der Waals surface area contributed by atoms with Gasteiger partial charge in [0.15, 0.2) is 0 Å². The molecule has 1 heterocycles. The first-order valence-electron chi connectivity index (χ1n) is 9.87. The van der Waals surface area contributed by atoms with Crippen molar-refractivity contribution in [3.05, 3.63) is 35.1 Å². The van der Waals surface area contributed by atoms with Crippen LogP contribution in [0.2, 0.25) is 0 Å². The molecule has 0 amide bonds. The zero-order valence-corrected chi connectivity index (χ0v) is 17.0. The topological polar surface area (TPSA) is 23.6 Å². The Kier molecular flexibility index (Phi) is 7.62. The van der Waals surface area contributed by atoms with Gasteiger partial charge in [-0.25, -0.2) is 4.39 Å². The fourth-order valence-corrected chi connectivity index (χ4v) is 3.67. The molecule has 3 nitrogen and oxygen atoms in total. The monoisotopic (exact) mass is 402 g/mol. The van der Waals surface area contributed by atoms with E-state index in [2.05, 4.69) is 23.6 Å². The molecule has 1 unspecified atom stereocenters. The number of alkyl halides is 3. The lowest BCUT2D eigenvalue weighted by molar-refractivity contribution is -0.140. The van der Waals surface area contributed by atoms with E-state index in [1.165, 1.54) is 6.07 Å². The summed E-state index contributed by atoms with van der Waals surface area (Å²) in [6.45, 7) is 12.2. The van der Waals surface area contributed by atoms with E-state index in [0.717, 1.165) is 38.3 Å². The van der Waals surface area contributed by atoms with Crippen LogP contribution in [0.4, 0.5) is 17.6 Å². The molecule has 158 valence electrons. The number of piperazine rings is 1. The Balaban J connectivity index is 2.11. The van der Waals surface area contributed by atoms with Gasteiger partial charge in [-0.1, -0.05) is 19.9 Å². The van der Waals surface area contributed by atoms with Crippen molar-refractivity contribution >= 4 is 5.78 Å². The van der Waals surface area contributed by atoms with E-state index in [4.69, 9.17) is 0 Å². The molecule has 1 aliphatic rings. The van der Waals surface area contributed by atoms with Crippen LogP contribution in [0.25, 0.3) is 0 Å². The Labute approximate surface area is 164 Å². The van der Waals surface area contributed by atoms with Gasteiger partial charge >= 0.3 is 6.18 Å². The fraction of sp³-hybridized carbons (Fsp3) is 0.667. The van der Waals surface area contributed by atoms with Crippen molar-refractivity contribution in [2.24, 2.45) is 5.92 Å². The van der Waals surface area contributed by atoms with Crippen molar-refractivity contribution in [1.82, 2.24) is 9.80 Å². The Hall–Kier alpha value is -1.47. The van der Waals surface area contributed by atoms with Gasteiger partial charge < -0.3 is 4.90 Å². The lowest BCUT2D eigenvalue weighted by Gasteiger charge is -2.37. The summed E-state index contributed by atoms with van der Waals surface area (Å²) in [6.07, 6.45) is -4.26. The highest BCUT2D eigenvalue weighted by Gasteiger charge is 2.35. The Bertz CT molecular complexity index is 665. The number of carbonyl (C=O) groups is 1. The van der Waals surface area contributed by atoms with Gasteiger partial charge in [-0.2, -0.15) is 13.2 Å². The largest absolute Gasteiger partial charge is 0.419 e. The number of hydrogen-bond donors (Lipinski definition) is 0. The van der Waals surface area contributed by atoms with E-state index in [-0.39, 0.29) is 11.7 Å². The maximum atomic E-state index is 14.0. The quantitative estimate of drug-likeness (QED) is 0.625.